The zero-order chi connectivity index (χ0) is 15.2. The highest BCUT2D eigenvalue weighted by atomic mass is 14.2. The molecule has 0 aliphatic heterocycles. The minimum atomic E-state index is 0.883. The van der Waals surface area contributed by atoms with E-state index >= 15 is 0 Å². The maximum Gasteiger partial charge on any atom is -0.0412 e. The Kier molecular flexibility index (Phi) is 14.0. The van der Waals surface area contributed by atoms with Crippen molar-refractivity contribution in [2.24, 2.45) is 17.8 Å². The van der Waals surface area contributed by atoms with E-state index in [0.717, 1.165) is 17.8 Å². The molecule has 0 aromatic carbocycles. The molecule has 0 saturated heterocycles. The molecule has 0 heterocycles. The summed E-state index contributed by atoms with van der Waals surface area (Å²) in [5, 5.41) is 0. The molecule has 20 heavy (non-hydrogen) atoms. The van der Waals surface area contributed by atoms with Crippen LogP contribution in [0.3, 0.4) is 0 Å². The lowest BCUT2D eigenvalue weighted by Crippen LogP contribution is -2.08. The SMILES string of the molecule is CCCCCCC(C)CC(CCCC)CCCC(C)C. The lowest BCUT2D eigenvalue weighted by Gasteiger charge is -2.21. The molecule has 0 aromatic heterocycles. The van der Waals surface area contributed by atoms with E-state index in [-0.39, 0.29) is 0 Å². The fourth-order valence-electron chi connectivity index (χ4n) is 3.29. The molecule has 0 spiro atoms. The average molecular weight is 283 g/mol. The van der Waals surface area contributed by atoms with Crippen molar-refractivity contribution in [2.45, 2.75) is 112 Å². The molecule has 0 nitrogen and oxygen atoms in total. The van der Waals surface area contributed by atoms with E-state index in [1.165, 1.54) is 77.0 Å². The van der Waals surface area contributed by atoms with Crippen molar-refractivity contribution in [3.8, 4) is 0 Å². The van der Waals surface area contributed by atoms with Gasteiger partial charge in [0.25, 0.3) is 0 Å². The maximum atomic E-state index is 2.49. The van der Waals surface area contributed by atoms with Crippen LogP contribution in [0.4, 0.5) is 0 Å². The highest BCUT2D eigenvalue weighted by Crippen LogP contribution is 2.27. The summed E-state index contributed by atoms with van der Waals surface area (Å²) >= 11 is 0. The quantitative estimate of drug-likeness (QED) is 0.287. The Bertz CT molecular complexity index is 182. The van der Waals surface area contributed by atoms with Crippen molar-refractivity contribution in [3.05, 3.63) is 0 Å². The van der Waals surface area contributed by atoms with Gasteiger partial charge in [0, 0.05) is 0 Å². The summed E-state index contributed by atoms with van der Waals surface area (Å²) in [6.07, 6.45) is 17.3. The first kappa shape index (κ1) is 20.0. The van der Waals surface area contributed by atoms with Crippen molar-refractivity contribution in [2.75, 3.05) is 0 Å². The molecule has 0 amide bonds. The molecule has 2 unspecified atom stereocenters. The van der Waals surface area contributed by atoms with Gasteiger partial charge in [-0.2, -0.15) is 0 Å². The van der Waals surface area contributed by atoms with Crippen molar-refractivity contribution < 1.29 is 0 Å². The first-order valence-corrected chi connectivity index (χ1v) is 9.60. The molecule has 0 aliphatic rings. The van der Waals surface area contributed by atoms with Crippen LogP contribution in [0.25, 0.3) is 0 Å². The molecule has 0 radical (unpaired) electrons. The largest absolute Gasteiger partial charge is 0.0654 e. The number of hydrogen-bond acceptors (Lipinski definition) is 0. The van der Waals surface area contributed by atoms with Gasteiger partial charge in [-0.05, 0) is 24.2 Å². The Hall–Kier alpha value is 0. The molecule has 0 rings (SSSR count). The summed E-state index contributed by atoms with van der Waals surface area (Å²) in [7, 11) is 0. The average Bonchev–Trinajstić information content (AvgIpc) is 2.40. The zero-order valence-corrected chi connectivity index (χ0v) is 15.2. The van der Waals surface area contributed by atoms with Crippen molar-refractivity contribution in [3.63, 3.8) is 0 Å². The van der Waals surface area contributed by atoms with E-state index in [1.54, 1.807) is 0 Å². The number of hydrogen-bond donors (Lipinski definition) is 0. The second-order valence-corrected chi connectivity index (χ2v) is 7.52. The number of rotatable bonds is 14. The normalized spacial score (nSPS) is 14.7. The highest BCUT2D eigenvalue weighted by molar-refractivity contribution is 4.65. The van der Waals surface area contributed by atoms with Gasteiger partial charge < -0.3 is 0 Å². The topological polar surface area (TPSA) is 0 Å². The van der Waals surface area contributed by atoms with Crippen LogP contribution in [-0.4, -0.2) is 0 Å². The second-order valence-electron chi connectivity index (χ2n) is 7.52. The molecule has 0 fully saturated rings. The van der Waals surface area contributed by atoms with Gasteiger partial charge in [-0.1, -0.05) is 105 Å². The van der Waals surface area contributed by atoms with Gasteiger partial charge in [0.05, 0.1) is 0 Å². The van der Waals surface area contributed by atoms with Crippen LogP contribution in [-0.2, 0) is 0 Å². The molecule has 2 atom stereocenters. The smallest absolute Gasteiger partial charge is 0.0412 e. The Morgan fingerprint density at radius 1 is 0.600 bits per heavy atom. The first-order valence-electron chi connectivity index (χ1n) is 9.60. The Morgan fingerprint density at radius 3 is 1.85 bits per heavy atom. The van der Waals surface area contributed by atoms with Crippen LogP contribution >= 0.6 is 0 Å². The van der Waals surface area contributed by atoms with Crippen LogP contribution in [0, 0.1) is 17.8 Å². The Morgan fingerprint density at radius 2 is 1.25 bits per heavy atom. The summed E-state index contributed by atoms with van der Waals surface area (Å²) in [6.45, 7) is 11.8. The minimum Gasteiger partial charge on any atom is -0.0654 e. The number of unbranched alkanes of at least 4 members (excludes halogenated alkanes) is 4. The van der Waals surface area contributed by atoms with Gasteiger partial charge >= 0.3 is 0 Å². The van der Waals surface area contributed by atoms with E-state index < -0.39 is 0 Å². The maximum absolute atomic E-state index is 2.49. The Balaban J connectivity index is 3.86. The lowest BCUT2D eigenvalue weighted by molar-refractivity contribution is 0.312. The van der Waals surface area contributed by atoms with Gasteiger partial charge in [0.1, 0.15) is 0 Å². The summed E-state index contributed by atoms with van der Waals surface area (Å²) in [4.78, 5) is 0. The second kappa shape index (κ2) is 14.0. The summed E-state index contributed by atoms with van der Waals surface area (Å²) in [6, 6.07) is 0. The third-order valence-corrected chi connectivity index (χ3v) is 4.65. The molecule has 0 bridgehead atoms. The van der Waals surface area contributed by atoms with Crippen molar-refractivity contribution >= 4 is 0 Å². The third kappa shape index (κ3) is 13.0. The van der Waals surface area contributed by atoms with Crippen molar-refractivity contribution in [1.82, 2.24) is 0 Å². The molecular weight excluding hydrogens is 240 g/mol. The molecular formula is C20H42. The lowest BCUT2D eigenvalue weighted by atomic mass is 9.85. The van der Waals surface area contributed by atoms with Crippen molar-refractivity contribution in [1.29, 1.82) is 0 Å². The van der Waals surface area contributed by atoms with Gasteiger partial charge in [-0.25, -0.2) is 0 Å². The van der Waals surface area contributed by atoms with Gasteiger partial charge in [0.2, 0.25) is 0 Å². The van der Waals surface area contributed by atoms with E-state index in [2.05, 4.69) is 34.6 Å². The molecule has 122 valence electrons. The molecule has 0 N–H and O–H groups in total. The molecule has 0 aliphatic carbocycles. The van der Waals surface area contributed by atoms with Crippen LogP contribution < -0.4 is 0 Å². The summed E-state index contributed by atoms with van der Waals surface area (Å²) < 4.78 is 0. The predicted molar refractivity (Wildman–Crippen MR) is 94.2 cm³/mol. The predicted octanol–water partition coefficient (Wildman–Crippen LogP) is 7.62. The zero-order valence-electron chi connectivity index (χ0n) is 15.2. The van der Waals surface area contributed by atoms with Crippen LogP contribution in [0.15, 0.2) is 0 Å². The molecule has 0 saturated carbocycles. The standard InChI is InChI=1S/C20H42/c1-6-8-10-11-14-19(5)17-20(15-9-7-2)16-12-13-18(3)4/h18-20H,6-17H2,1-5H3. The van der Waals surface area contributed by atoms with Crippen LogP contribution in [0.2, 0.25) is 0 Å². The van der Waals surface area contributed by atoms with E-state index in [1.807, 2.05) is 0 Å². The summed E-state index contributed by atoms with van der Waals surface area (Å²) in [5.41, 5.74) is 0. The van der Waals surface area contributed by atoms with Gasteiger partial charge in [-0.15, -0.1) is 0 Å². The third-order valence-electron chi connectivity index (χ3n) is 4.65. The first-order chi connectivity index (χ1) is 9.60. The molecule has 0 aromatic rings. The van der Waals surface area contributed by atoms with E-state index in [4.69, 9.17) is 0 Å². The van der Waals surface area contributed by atoms with Gasteiger partial charge in [-0.3, -0.25) is 0 Å². The highest BCUT2D eigenvalue weighted by Gasteiger charge is 2.13. The van der Waals surface area contributed by atoms with Crippen LogP contribution in [0.5, 0.6) is 0 Å². The van der Waals surface area contributed by atoms with Crippen LogP contribution in [0.1, 0.15) is 112 Å². The fourth-order valence-corrected chi connectivity index (χ4v) is 3.29. The molecule has 0 heteroatoms. The minimum absolute atomic E-state index is 0.883. The fraction of sp³-hybridized carbons (Fsp3) is 1.00. The van der Waals surface area contributed by atoms with E-state index in [9.17, 15) is 0 Å². The summed E-state index contributed by atoms with van der Waals surface area (Å²) in [5.74, 6) is 2.84. The van der Waals surface area contributed by atoms with Gasteiger partial charge in [0.15, 0.2) is 0 Å². The van der Waals surface area contributed by atoms with E-state index in [0.29, 0.717) is 0 Å². The Labute approximate surface area is 130 Å². The monoisotopic (exact) mass is 282 g/mol.